The van der Waals surface area contributed by atoms with Gasteiger partial charge in [0.2, 0.25) is 5.75 Å². The number of phenols is 1. The van der Waals surface area contributed by atoms with E-state index in [0.717, 1.165) is 17.2 Å². The summed E-state index contributed by atoms with van der Waals surface area (Å²) in [4.78, 5) is 36.5. The summed E-state index contributed by atoms with van der Waals surface area (Å²) in [5.41, 5.74) is 0.943. The summed E-state index contributed by atoms with van der Waals surface area (Å²) < 4.78 is 5.00. The smallest absolute Gasteiger partial charge is 0.315 e. The van der Waals surface area contributed by atoms with E-state index in [1.54, 1.807) is 0 Å². The van der Waals surface area contributed by atoms with Crippen LogP contribution in [0.5, 0.6) is 11.5 Å². The number of nitrogens with one attached hydrogen (secondary N) is 2. The second-order valence-corrected chi connectivity index (χ2v) is 7.24. The number of carbonyl (C=O) groups excluding carboxylic acids is 2. The summed E-state index contributed by atoms with van der Waals surface area (Å²) in [6.07, 6.45) is 1.22. The van der Waals surface area contributed by atoms with Crippen molar-refractivity contribution in [2.75, 3.05) is 7.11 Å². The minimum atomic E-state index is -0.778. The Labute approximate surface area is 195 Å². The molecule has 0 aliphatic carbocycles. The van der Waals surface area contributed by atoms with Crippen molar-refractivity contribution in [3.63, 3.8) is 0 Å². The lowest BCUT2D eigenvalue weighted by Crippen LogP contribution is -2.34. The molecule has 3 rings (SSSR count). The Hall–Kier alpha value is -4.66. The second kappa shape index (κ2) is 11.3. The molecule has 0 spiro atoms. The lowest BCUT2D eigenvalue weighted by atomic mass is 10.1. The van der Waals surface area contributed by atoms with Gasteiger partial charge in [0, 0.05) is 19.2 Å². The van der Waals surface area contributed by atoms with Gasteiger partial charge in [-0.15, -0.1) is 0 Å². The molecule has 174 valence electrons. The van der Waals surface area contributed by atoms with Crippen LogP contribution in [-0.4, -0.2) is 29.0 Å². The molecule has 34 heavy (non-hydrogen) atoms. The van der Waals surface area contributed by atoms with E-state index in [4.69, 9.17) is 4.74 Å². The van der Waals surface area contributed by atoms with Crippen molar-refractivity contribution in [3.05, 3.63) is 105 Å². The number of aromatic hydroxyl groups is 1. The molecule has 0 radical (unpaired) electrons. The van der Waals surface area contributed by atoms with Gasteiger partial charge in [0.25, 0.3) is 11.8 Å². The molecule has 2 amide bonds. The average Bonchev–Trinajstić information content (AvgIpc) is 2.86. The summed E-state index contributed by atoms with van der Waals surface area (Å²) in [5.74, 6) is -2.13. The summed E-state index contributed by atoms with van der Waals surface area (Å²) in [5, 5.41) is 26.7. The molecule has 0 atom stereocenters. The van der Waals surface area contributed by atoms with E-state index in [9.17, 15) is 24.8 Å². The number of hydrogen-bond donors (Lipinski definition) is 3. The molecule has 0 unspecified atom stereocenters. The Balaban J connectivity index is 1.92. The Morgan fingerprint density at radius 2 is 1.44 bits per heavy atom. The van der Waals surface area contributed by atoms with Crippen molar-refractivity contribution in [3.8, 4) is 11.5 Å². The topological polar surface area (TPSA) is 131 Å². The van der Waals surface area contributed by atoms with Crippen molar-refractivity contribution in [1.29, 1.82) is 0 Å². The van der Waals surface area contributed by atoms with E-state index < -0.39 is 28.2 Å². The number of amides is 2. The van der Waals surface area contributed by atoms with Crippen LogP contribution in [0.3, 0.4) is 0 Å². The third-order valence-corrected chi connectivity index (χ3v) is 4.89. The Bertz CT molecular complexity index is 1150. The van der Waals surface area contributed by atoms with E-state index in [1.807, 2.05) is 60.7 Å². The number of nitrogens with zero attached hydrogens (tertiary/aromatic N) is 1. The molecular weight excluding hydrogens is 438 g/mol. The van der Waals surface area contributed by atoms with Crippen molar-refractivity contribution in [2.45, 2.75) is 13.1 Å². The maximum atomic E-state index is 13.0. The SMILES string of the molecule is COc1cc(C=C(C(=O)NCc2ccccc2)C(=O)NCc2ccccc2)cc([N+](=O)[O-])c1O. The van der Waals surface area contributed by atoms with Gasteiger partial charge in [-0.3, -0.25) is 19.7 Å². The average molecular weight is 461 g/mol. The Morgan fingerprint density at radius 3 is 1.88 bits per heavy atom. The van der Waals surface area contributed by atoms with Crippen molar-refractivity contribution in [1.82, 2.24) is 10.6 Å². The first-order valence-electron chi connectivity index (χ1n) is 10.3. The number of hydrogen-bond acceptors (Lipinski definition) is 6. The van der Waals surface area contributed by atoms with Gasteiger partial charge in [0.1, 0.15) is 5.57 Å². The normalized spacial score (nSPS) is 10.1. The third-order valence-electron chi connectivity index (χ3n) is 4.89. The quantitative estimate of drug-likeness (QED) is 0.147. The van der Waals surface area contributed by atoms with Gasteiger partial charge in [-0.1, -0.05) is 60.7 Å². The number of ether oxygens (including phenoxy) is 1. The number of carbonyl (C=O) groups is 2. The Kier molecular flexibility index (Phi) is 7.96. The van der Waals surface area contributed by atoms with Crippen LogP contribution in [0.4, 0.5) is 5.69 Å². The minimum Gasteiger partial charge on any atom is -0.500 e. The van der Waals surface area contributed by atoms with Gasteiger partial charge in [-0.05, 0) is 28.8 Å². The molecule has 0 saturated carbocycles. The number of nitro benzene ring substituents is 1. The largest absolute Gasteiger partial charge is 0.500 e. The van der Waals surface area contributed by atoms with Gasteiger partial charge in [-0.2, -0.15) is 0 Å². The molecule has 9 heteroatoms. The predicted octanol–water partition coefficient (Wildman–Crippen LogP) is 3.33. The molecule has 3 aromatic carbocycles. The van der Waals surface area contributed by atoms with E-state index >= 15 is 0 Å². The van der Waals surface area contributed by atoms with Gasteiger partial charge in [-0.25, -0.2) is 0 Å². The molecular formula is C25H23N3O6. The van der Waals surface area contributed by atoms with E-state index in [2.05, 4.69) is 10.6 Å². The number of nitro groups is 1. The van der Waals surface area contributed by atoms with Gasteiger partial charge in [0.15, 0.2) is 5.75 Å². The van der Waals surface area contributed by atoms with Crippen LogP contribution < -0.4 is 15.4 Å². The van der Waals surface area contributed by atoms with E-state index in [0.29, 0.717) is 0 Å². The zero-order valence-corrected chi connectivity index (χ0v) is 18.4. The highest BCUT2D eigenvalue weighted by atomic mass is 16.6. The summed E-state index contributed by atoms with van der Waals surface area (Å²) in [6, 6.07) is 20.7. The fourth-order valence-corrected chi connectivity index (χ4v) is 3.14. The van der Waals surface area contributed by atoms with Crippen LogP contribution in [0, 0.1) is 10.1 Å². The van der Waals surface area contributed by atoms with Gasteiger partial charge in [0.05, 0.1) is 12.0 Å². The Morgan fingerprint density at radius 1 is 0.941 bits per heavy atom. The number of phenolic OH excluding ortho intramolecular Hbond substituents is 1. The fraction of sp³-hybridized carbons (Fsp3) is 0.120. The number of methoxy groups -OCH3 is 1. The van der Waals surface area contributed by atoms with Crippen LogP contribution in [0.25, 0.3) is 6.08 Å². The van der Waals surface area contributed by atoms with Crippen LogP contribution >= 0.6 is 0 Å². The molecule has 0 aliphatic rings. The molecule has 0 bridgehead atoms. The minimum absolute atomic E-state index is 0.140. The van der Waals surface area contributed by atoms with Gasteiger partial charge >= 0.3 is 5.69 Å². The molecule has 9 nitrogen and oxygen atoms in total. The van der Waals surface area contributed by atoms with Crippen LogP contribution in [0.1, 0.15) is 16.7 Å². The first kappa shape index (κ1) is 24.0. The fourth-order valence-electron chi connectivity index (χ4n) is 3.14. The first-order chi connectivity index (χ1) is 16.4. The second-order valence-electron chi connectivity index (χ2n) is 7.24. The predicted molar refractivity (Wildman–Crippen MR) is 126 cm³/mol. The van der Waals surface area contributed by atoms with Gasteiger partial charge < -0.3 is 20.5 Å². The lowest BCUT2D eigenvalue weighted by Gasteiger charge is -2.11. The molecule has 0 aromatic heterocycles. The molecule has 0 aliphatic heterocycles. The molecule has 0 saturated heterocycles. The van der Waals surface area contributed by atoms with Crippen LogP contribution in [0.15, 0.2) is 78.4 Å². The highest BCUT2D eigenvalue weighted by Gasteiger charge is 2.22. The first-order valence-corrected chi connectivity index (χ1v) is 10.3. The summed E-state index contributed by atoms with van der Waals surface area (Å²) in [6.45, 7) is 0.365. The number of rotatable bonds is 9. The molecule has 0 heterocycles. The van der Waals surface area contributed by atoms with Crippen molar-refractivity contribution >= 4 is 23.6 Å². The maximum Gasteiger partial charge on any atom is 0.315 e. The highest BCUT2D eigenvalue weighted by Crippen LogP contribution is 2.37. The van der Waals surface area contributed by atoms with Crippen LogP contribution in [-0.2, 0) is 22.7 Å². The van der Waals surface area contributed by atoms with Crippen molar-refractivity contribution < 1.29 is 24.4 Å². The third kappa shape index (κ3) is 6.19. The lowest BCUT2D eigenvalue weighted by molar-refractivity contribution is -0.386. The number of benzene rings is 3. The summed E-state index contributed by atoms with van der Waals surface area (Å²) in [7, 11) is 1.24. The van der Waals surface area contributed by atoms with Crippen molar-refractivity contribution in [2.24, 2.45) is 0 Å². The zero-order chi connectivity index (χ0) is 24.5. The van der Waals surface area contributed by atoms with E-state index in [1.165, 1.54) is 19.3 Å². The van der Waals surface area contributed by atoms with E-state index in [-0.39, 0.29) is 30.0 Å². The monoisotopic (exact) mass is 461 g/mol. The molecule has 3 aromatic rings. The van der Waals surface area contributed by atoms with Crippen LogP contribution in [0.2, 0.25) is 0 Å². The standard InChI is InChI=1S/C25H23N3O6/c1-34-22-14-19(13-21(23(22)29)28(32)33)12-20(24(30)26-15-17-8-4-2-5-9-17)25(31)27-16-18-10-6-3-7-11-18/h2-14,29H,15-16H2,1H3,(H,26,30)(H,27,31). The maximum absolute atomic E-state index is 13.0. The highest BCUT2D eigenvalue weighted by molar-refractivity contribution is 6.21. The zero-order valence-electron chi connectivity index (χ0n) is 18.4. The molecule has 3 N–H and O–H groups in total. The summed E-state index contributed by atoms with van der Waals surface area (Å²) >= 11 is 0. The molecule has 0 fully saturated rings.